The molecule has 3 saturated carbocycles. The number of hydrogen-bond acceptors (Lipinski definition) is 9. The molecule has 0 unspecified atom stereocenters. The maximum atomic E-state index is 14.0. The minimum Gasteiger partial charge on any atom is -0.444 e. The minimum atomic E-state index is -1.00. The quantitative estimate of drug-likeness (QED) is 0.0507. The number of nitrogens with zero attached hydrogens (tertiary/aromatic N) is 2. The van der Waals surface area contributed by atoms with Gasteiger partial charge in [0, 0.05) is 17.8 Å². The number of aliphatic imine (C=N–C) groups is 1. The Kier molecular flexibility index (Phi) is 11.5. The number of carbonyl (C=O) groups excluding carboxylic acids is 3. The molecule has 1 aromatic rings. The molecule has 3 aliphatic carbocycles. The van der Waals surface area contributed by atoms with E-state index in [2.05, 4.69) is 55.6 Å². The number of hydrogen-bond donors (Lipinski definition) is 5. The minimum absolute atomic E-state index is 0.0611. The molecule has 0 aromatic heterocycles. The Bertz CT molecular complexity index is 1430. The highest BCUT2D eigenvalue weighted by Crippen LogP contribution is 2.65. The molecule has 2 bridgehead atoms. The molecule has 49 heavy (non-hydrogen) atoms. The Morgan fingerprint density at radius 2 is 1.90 bits per heavy atom. The highest BCUT2D eigenvalue weighted by atomic mass is 16.7. The number of ether oxygens (including phenoxy) is 1. The van der Waals surface area contributed by atoms with Gasteiger partial charge in [-0.3, -0.25) is 14.9 Å². The molecule has 4 aliphatic rings. The summed E-state index contributed by atoms with van der Waals surface area (Å²) in [4.78, 5) is 54.4. The first kappa shape index (κ1) is 37.9. The molecule has 1 aromatic carbocycles. The van der Waals surface area contributed by atoms with Gasteiger partial charge in [0.25, 0.3) is 11.9 Å². The molecule has 1 heterocycles. The predicted octanol–water partition coefficient (Wildman–Crippen LogP) is 3.81. The van der Waals surface area contributed by atoms with Gasteiger partial charge in [0.05, 0.1) is 17.6 Å². The lowest BCUT2D eigenvalue weighted by atomic mass is 9.43. The Morgan fingerprint density at radius 3 is 2.53 bits per heavy atom. The second-order valence-electron chi connectivity index (χ2n) is 15.6. The van der Waals surface area contributed by atoms with Crippen molar-refractivity contribution in [3.63, 3.8) is 0 Å². The number of nitrogens with two attached hydrogens (primary N) is 1. The maximum absolute atomic E-state index is 14.0. The van der Waals surface area contributed by atoms with Gasteiger partial charge < -0.3 is 30.4 Å². The van der Waals surface area contributed by atoms with Crippen LogP contribution in [0.5, 0.6) is 0 Å². The zero-order valence-corrected chi connectivity index (χ0v) is 29.8. The summed E-state index contributed by atoms with van der Waals surface area (Å²) in [6.45, 7) is 16.1. The molecular weight excluding hydrogens is 633 g/mol. The number of nitro groups is 1. The summed E-state index contributed by atoms with van der Waals surface area (Å²) >= 11 is 0. The van der Waals surface area contributed by atoms with Gasteiger partial charge in [-0.05, 0) is 101 Å². The number of guanidine groups is 1. The van der Waals surface area contributed by atoms with E-state index in [0.29, 0.717) is 23.9 Å². The fourth-order valence-electron chi connectivity index (χ4n) is 7.39. The van der Waals surface area contributed by atoms with Crippen molar-refractivity contribution in [3.05, 3.63) is 39.9 Å². The van der Waals surface area contributed by atoms with E-state index in [1.54, 1.807) is 44.4 Å². The van der Waals surface area contributed by atoms with Crippen LogP contribution in [0.25, 0.3) is 0 Å². The van der Waals surface area contributed by atoms with E-state index in [-0.39, 0.29) is 48.3 Å². The van der Waals surface area contributed by atoms with Crippen LogP contribution in [-0.2, 0) is 18.8 Å². The summed E-state index contributed by atoms with van der Waals surface area (Å²) in [5.41, 5.74) is 6.88. The lowest BCUT2D eigenvalue weighted by Crippen LogP contribution is -2.65. The van der Waals surface area contributed by atoms with Crippen molar-refractivity contribution < 1.29 is 33.5 Å². The Labute approximate surface area is 288 Å². The van der Waals surface area contributed by atoms with Crippen LogP contribution in [0.3, 0.4) is 0 Å². The molecule has 270 valence electrons. The van der Waals surface area contributed by atoms with Crippen molar-refractivity contribution in [2.75, 3.05) is 11.9 Å². The number of carbonyl (C=O) groups is 3. The average molecular weight is 686 g/mol. The van der Waals surface area contributed by atoms with E-state index in [1.807, 2.05) is 0 Å². The topological polar surface area (TPSA) is 209 Å². The van der Waals surface area contributed by atoms with Gasteiger partial charge in [-0.2, -0.15) is 0 Å². The second kappa shape index (κ2) is 14.9. The molecule has 0 spiro atoms. The first-order chi connectivity index (χ1) is 22.8. The summed E-state index contributed by atoms with van der Waals surface area (Å²) in [5.74, 6) is -0.681. The third-order valence-electron chi connectivity index (χ3n) is 9.88. The lowest BCUT2D eigenvalue weighted by Gasteiger charge is -2.64. The second-order valence-corrected chi connectivity index (χ2v) is 15.6. The van der Waals surface area contributed by atoms with Crippen LogP contribution in [0, 0.1) is 33.3 Å². The predicted molar refractivity (Wildman–Crippen MR) is 185 cm³/mol. The lowest BCUT2D eigenvalue weighted by molar-refractivity contribution is -0.525. The summed E-state index contributed by atoms with van der Waals surface area (Å²) in [5, 5.41) is 18.4. The van der Waals surface area contributed by atoms with Crippen molar-refractivity contribution in [2.24, 2.45) is 33.9 Å². The summed E-state index contributed by atoms with van der Waals surface area (Å²) in [6, 6.07) is 5.27. The molecule has 1 saturated heterocycles. The fourth-order valence-corrected chi connectivity index (χ4v) is 7.39. The Hall–Kier alpha value is -3.92. The molecule has 15 nitrogen and oxygen atoms in total. The molecule has 6 N–H and O–H groups in total. The van der Waals surface area contributed by atoms with Gasteiger partial charge in [0.2, 0.25) is 5.91 Å². The van der Waals surface area contributed by atoms with Gasteiger partial charge in [-0.1, -0.05) is 39.2 Å². The zero-order chi connectivity index (χ0) is 36.3. The van der Waals surface area contributed by atoms with Crippen molar-refractivity contribution >= 4 is 36.7 Å². The molecule has 5 rings (SSSR count). The molecule has 0 radical (unpaired) electrons. The van der Waals surface area contributed by atoms with Crippen LogP contribution in [0.1, 0.15) is 97.9 Å². The monoisotopic (exact) mass is 685 g/mol. The summed E-state index contributed by atoms with van der Waals surface area (Å²) < 4.78 is 18.5. The molecule has 3 amide bonds. The van der Waals surface area contributed by atoms with Crippen LogP contribution in [0.4, 0.5) is 10.5 Å². The van der Waals surface area contributed by atoms with Gasteiger partial charge in [-0.15, -0.1) is 0 Å². The maximum Gasteiger partial charge on any atom is 0.481 e. The number of rotatable bonds is 13. The van der Waals surface area contributed by atoms with Crippen LogP contribution in [0.15, 0.2) is 29.3 Å². The summed E-state index contributed by atoms with van der Waals surface area (Å²) in [7, 11) is -0.652. The van der Waals surface area contributed by atoms with Gasteiger partial charge in [0.15, 0.2) is 5.03 Å². The zero-order valence-electron chi connectivity index (χ0n) is 29.8. The number of benzene rings is 1. The van der Waals surface area contributed by atoms with Crippen molar-refractivity contribution in [2.45, 2.75) is 117 Å². The van der Waals surface area contributed by atoms with Crippen molar-refractivity contribution in [1.82, 2.24) is 16.1 Å². The number of anilines is 1. The smallest absolute Gasteiger partial charge is 0.444 e. The van der Waals surface area contributed by atoms with Gasteiger partial charge in [-0.25, -0.2) is 19.9 Å². The molecule has 16 heteroatoms. The van der Waals surface area contributed by atoms with E-state index in [0.717, 1.165) is 12.8 Å². The largest absolute Gasteiger partial charge is 0.481 e. The van der Waals surface area contributed by atoms with Crippen LogP contribution in [0.2, 0.25) is 0 Å². The summed E-state index contributed by atoms with van der Waals surface area (Å²) in [6.07, 6.45) is 2.30. The van der Waals surface area contributed by atoms with Crippen LogP contribution < -0.4 is 27.1 Å². The third-order valence-corrected chi connectivity index (χ3v) is 9.88. The van der Waals surface area contributed by atoms with E-state index in [9.17, 15) is 24.5 Å². The highest BCUT2D eigenvalue weighted by Gasteiger charge is 2.68. The highest BCUT2D eigenvalue weighted by molar-refractivity contribution is 6.48. The third kappa shape index (κ3) is 9.41. The van der Waals surface area contributed by atoms with E-state index in [4.69, 9.17) is 19.8 Å². The molecule has 6 atom stereocenters. The van der Waals surface area contributed by atoms with E-state index in [1.165, 1.54) is 6.07 Å². The molecular formula is C33H52BN7O8. The fraction of sp³-hybridized carbons (Fsp3) is 0.697. The number of amides is 3. The Balaban J connectivity index is 1.49. The first-order valence-electron chi connectivity index (χ1n) is 17.0. The molecule has 4 fully saturated rings. The van der Waals surface area contributed by atoms with Crippen LogP contribution in [-0.4, -0.2) is 71.9 Å². The average Bonchev–Trinajstić information content (AvgIpc) is 3.34. The van der Waals surface area contributed by atoms with Gasteiger partial charge >= 0.3 is 13.2 Å². The normalized spacial score (nSPS) is 25.4. The van der Waals surface area contributed by atoms with Crippen molar-refractivity contribution in [3.8, 4) is 0 Å². The first-order valence-corrected chi connectivity index (χ1v) is 17.0. The SMILES string of the molecule is CC(C)C[C@H](NC(=O)[C@H](CCCN=C(N)N[N+](=O)[O-])NC(=O)c1cccc(NC(=O)OC(C)(C)C)c1)B1O[C@@H]2C[C@@H]3C[C@@H](C3(C)C)[C@]2(C)O1. The Morgan fingerprint density at radius 1 is 1.18 bits per heavy atom. The number of nitrogens with one attached hydrogen (secondary N) is 4. The van der Waals surface area contributed by atoms with Gasteiger partial charge in [0.1, 0.15) is 11.6 Å². The van der Waals surface area contributed by atoms with Crippen LogP contribution >= 0.6 is 0 Å². The van der Waals surface area contributed by atoms with Crippen molar-refractivity contribution in [1.29, 1.82) is 0 Å². The molecule has 1 aliphatic heterocycles. The number of hydrazine groups is 1. The van der Waals surface area contributed by atoms with E-state index >= 15 is 0 Å². The standard InChI is InChI=1S/C33H52BN7O8/c1-19(2)15-26(34-48-25-18-21-17-24(32(21,6)7)33(25,8)49-34)39-28(43)23(13-10-14-36-29(35)40-41(45)46)38-27(42)20-11-9-12-22(16-20)37-30(44)47-31(3,4)5/h9,11-12,16,19,21,23-26H,10,13-15,17-18H2,1-8H3,(H,37,44)(H,38,42)(H,39,43)(H3,35,36,40)/t21-,23-,24-,25+,26-,33-/m0/s1. The van der Waals surface area contributed by atoms with E-state index < -0.39 is 53.2 Å².